The SMILES string of the molecule is COCC(O)CCNC(=O)/C=C/c1csc(C)n1. The fraction of sp³-hybridized carbons (Fsp3) is 0.500. The van der Waals surface area contributed by atoms with E-state index in [2.05, 4.69) is 10.3 Å². The van der Waals surface area contributed by atoms with Crippen LogP contribution in [0.15, 0.2) is 11.5 Å². The van der Waals surface area contributed by atoms with E-state index in [0.717, 1.165) is 10.7 Å². The lowest BCUT2D eigenvalue weighted by atomic mass is 10.2. The Bertz CT molecular complexity index is 404. The molecule has 0 aliphatic rings. The molecule has 0 fully saturated rings. The molecule has 0 saturated heterocycles. The number of nitrogens with one attached hydrogen (secondary N) is 1. The first-order chi connectivity index (χ1) is 8.61. The first kappa shape index (κ1) is 14.8. The number of hydrogen-bond acceptors (Lipinski definition) is 5. The maximum atomic E-state index is 11.4. The molecule has 0 aliphatic carbocycles. The van der Waals surface area contributed by atoms with Crippen LogP contribution >= 0.6 is 11.3 Å². The second-order valence-corrected chi connectivity index (χ2v) is 4.88. The smallest absolute Gasteiger partial charge is 0.244 e. The third-order valence-corrected chi connectivity index (χ3v) is 2.97. The predicted molar refractivity (Wildman–Crippen MR) is 71.4 cm³/mol. The highest BCUT2D eigenvalue weighted by atomic mass is 32.1. The van der Waals surface area contributed by atoms with Gasteiger partial charge >= 0.3 is 0 Å². The number of amides is 1. The molecule has 0 aliphatic heterocycles. The van der Waals surface area contributed by atoms with E-state index in [-0.39, 0.29) is 12.5 Å². The molecular weight excluding hydrogens is 252 g/mol. The van der Waals surface area contributed by atoms with E-state index in [4.69, 9.17) is 4.74 Å². The molecule has 18 heavy (non-hydrogen) atoms. The van der Waals surface area contributed by atoms with E-state index >= 15 is 0 Å². The van der Waals surface area contributed by atoms with Crippen LogP contribution in [0.2, 0.25) is 0 Å². The number of methoxy groups -OCH3 is 1. The summed E-state index contributed by atoms with van der Waals surface area (Å²) in [6.07, 6.45) is 3.05. The van der Waals surface area contributed by atoms with Crippen LogP contribution in [0.3, 0.4) is 0 Å². The molecule has 0 saturated carbocycles. The molecule has 6 heteroatoms. The number of aromatic nitrogens is 1. The van der Waals surface area contributed by atoms with Crippen molar-refractivity contribution >= 4 is 23.3 Å². The van der Waals surface area contributed by atoms with Gasteiger partial charge in [-0.15, -0.1) is 11.3 Å². The van der Waals surface area contributed by atoms with Crippen molar-refractivity contribution in [1.29, 1.82) is 0 Å². The topological polar surface area (TPSA) is 71.5 Å². The molecule has 1 atom stereocenters. The zero-order chi connectivity index (χ0) is 13.4. The van der Waals surface area contributed by atoms with Gasteiger partial charge in [-0.1, -0.05) is 0 Å². The van der Waals surface area contributed by atoms with Gasteiger partial charge in [0.1, 0.15) is 0 Å². The molecule has 0 bridgehead atoms. The van der Waals surface area contributed by atoms with Gasteiger partial charge in [0.05, 0.1) is 23.4 Å². The van der Waals surface area contributed by atoms with E-state index < -0.39 is 6.10 Å². The summed E-state index contributed by atoms with van der Waals surface area (Å²) in [4.78, 5) is 15.6. The van der Waals surface area contributed by atoms with Gasteiger partial charge < -0.3 is 15.2 Å². The lowest BCUT2D eigenvalue weighted by Gasteiger charge is -2.08. The maximum Gasteiger partial charge on any atom is 0.244 e. The second kappa shape index (κ2) is 7.97. The van der Waals surface area contributed by atoms with Gasteiger partial charge in [-0.2, -0.15) is 0 Å². The Morgan fingerprint density at radius 2 is 2.50 bits per heavy atom. The number of aryl methyl sites for hydroxylation is 1. The van der Waals surface area contributed by atoms with Gasteiger partial charge in [-0.05, 0) is 19.4 Å². The molecule has 1 aromatic heterocycles. The van der Waals surface area contributed by atoms with Crippen LogP contribution in [0, 0.1) is 6.92 Å². The minimum Gasteiger partial charge on any atom is -0.391 e. The number of rotatable bonds is 7. The Labute approximate surface area is 111 Å². The summed E-state index contributed by atoms with van der Waals surface area (Å²) >= 11 is 1.54. The lowest BCUT2D eigenvalue weighted by Crippen LogP contribution is -2.27. The van der Waals surface area contributed by atoms with Gasteiger partial charge in [-0.25, -0.2) is 4.98 Å². The minimum absolute atomic E-state index is 0.190. The van der Waals surface area contributed by atoms with Crippen LogP contribution < -0.4 is 5.32 Å². The first-order valence-corrected chi connectivity index (χ1v) is 6.55. The summed E-state index contributed by atoms with van der Waals surface area (Å²) in [5.41, 5.74) is 0.784. The number of ether oxygens (including phenoxy) is 1. The Morgan fingerprint density at radius 1 is 1.72 bits per heavy atom. The summed E-state index contributed by atoms with van der Waals surface area (Å²) < 4.78 is 4.78. The zero-order valence-electron chi connectivity index (χ0n) is 10.5. The average molecular weight is 270 g/mol. The molecule has 1 rings (SSSR count). The van der Waals surface area contributed by atoms with E-state index in [1.165, 1.54) is 13.2 Å². The Kier molecular flexibility index (Phi) is 6.56. The summed E-state index contributed by atoms with van der Waals surface area (Å²) in [5.74, 6) is -0.190. The highest BCUT2D eigenvalue weighted by molar-refractivity contribution is 7.09. The fourth-order valence-corrected chi connectivity index (χ4v) is 1.90. The van der Waals surface area contributed by atoms with Gasteiger partial charge in [0, 0.05) is 25.1 Å². The molecule has 2 N–H and O–H groups in total. The number of carbonyl (C=O) groups is 1. The number of aliphatic hydroxyl groups excluding tert-OH is 1. The van der Waals surface area contributed by atoms with Crippen molar-refractivity contribution in [1.82, 2.24) is 10.3 Å². The molecule has 0 radical (unpaired) electrons. The van der Waals surface area contributed by atoms with Gasteiger partial charge in [0.25, 0.3) is 0 Å². The van der Waals surface area contributed by atoms with Crippen LogP contribution in [-0.2, 0) is 9.53 Å². The highest BCUT2D eigenvalue weighted by Crippen LogP contribution is 2.08. The monoisotopic (exact) mass is 270 g/mol. The second-order valence-electron chi connectivity index (χ2n) is 3.81. The van der Waals surface area contributed by atoms with E-state index in [1.54, 1.807) is 17.4 Å². The van der Waals surface area contributed by atoms with E-state index in [1.807, 2.05) is 12.3 Å². The van der Waals surface area contributed by atoms with Gasteiger partial charge in [-0.3, -0.25) is 4.79 Å². The molecule has 1 aromatic rings. The summed E-state index contributed by atoms with van der Waals surface area (Å²) in [6, 6.07) is 0. The first-order valence-electron chi connectivity index (χ1n) is 5.67. The van der Waals surface area contributed by atoms with E-state index in [9.17, 15) is 9.90 Å². The van der Waals surface area contributed by atoms with Crippen molar-refractivity contribution in [2.75, 3.05) is 20.3 Å². The van der Waals surface area contributed by atoms with Crippen LogP contribution in [0.1, 0.15) is 17.1 Å². The predicted octanol–water partition coefficient (Wildman–Crippen LogP) is 0.978. The molecule has 1 amide bonds. The number of hydrogen-bond donors (Lipinski definition) is 2. The molecule has 0 aromatic carbocycles. The maximum absolute atomic E-state index is 11.4. The molecule has 0 spiro atoms. The molecule has 100 valence electrons. The van der Waals surface area contributed by atoms with Crippen molar-refractivity contribution in [2.24, 2.45) is 0 Å². The average Bonchev–Trinajstić information content (AvgIpc) is 2.73. The van der Waals surface area contributed by atoms with Crippen LogP contribution in [0.5, 0.6) is 0 Å². The summed E-state index contributed by atoms with van der Waals surface area (Å²) in [5, 5.41) is 14.9. The number of nitrogens with zero attached hydrogens (tertiary/aromatic N) is 1. The third kappa shape index (κ3) is 5.90. The fourth-order valence-electron chi connectivity index (χ4n) is 1.31. The van der Waals surface area contributed by atoms with Crippen LogP contribution in [0.4, 0.5) is 0 Å². The number of carbonyl (C=O) groups excluding carboxylic acids is 1. The van der Waals surface area contributed by atoms with E-state index in [0.29, 0.717) is 13.0 Å². The number of aliphatic hydroxyl groups is 1. The summed E-state index contributed by atoms with van der Waals surface area (Å²) in [6.45, 7) is 2.62. The molecular formula is C12H18N2O3S. The van der Waals surface area contributed by atoms with Crippen molar-refractivity contribution in [3.63, 3.8) is 0 Å². The standard InChI is InChI=1S/C12H18N2O3S/c1-9-14-10(8-18-9)3-4-12(16)13-6-5-11(15)7-17-2/h3-4,8,11,15H,5-7H2,1-2H3,(H,13,16)/b4-3+. The Hall–Kier alpha value is -1.24. The molecule has 1 heterocycles. The van der Waals surface area contributed by atoms with Crippen molar-refractivity contribution in [3.8, 4) is 0 Å². The van der Waals surface area contributed by atoms with Crippen molar-refractivity contribution in [2.45, 2.75) is 19.4 Å². The Morgan fingerprint density at radius 3 is 3.11 bits per heavy atom. The van der Waals surface area contributed by atoms with Gasteiger partial charge in [0.2, 0.25) is 5.91 Å². The van der Waals surface area contributed by atoms with Crippen molar-refractivity contribution < 1.29 is 14.6 Å². The molecule has 5 nitrogen and oxygen atoms in total. The number of thiazole rings is 1. The lowest BCUT2D eigenvalue weighted by molar-refractivity contribution is -0.116. The van der Waals surface area contributed by atoms with Crippen LogP contribution in [0.25, 0.3) is 6.08 Å². The zero-order valence-corrected chi connectivity index (χ0v) is 11.4. The van der Waals surface area contributed by atoms with Crippen LogP contribution in [-0.4, -0.2) is 42.4 Å². The third-order valence-electron chi connectivity index (χ3n) is 2.18. The highest BCUT2D eigenvalue weighted by Gasteiger charge is 2.03. The quantitative estimate of drug-likeness (QED) is 0.724. The summed E-state index contributed by atoms with van der Waals surface area (Å²) in [7, 11) is 1.53. The Balaban J connectivity index is 2.23. The largest absolute Gasteiger partial charge is 0.391 e. The van der Waals surface area contributed by atoms with Gasteiger partial charge in [0.15, 0.2) is 0 Å². The van der Waals surface area contributed by atoms with Crippen molar-refractivity contribution in [3.05, 3.63) is 22.2 Å². The minimum atomic E-state index is -0.541. The normalized spacial score (nSPS) is 12.8. The molecule has 1 unspecified atom stereocenters.